The Labute approximate surface area is 99.9 Å². The van der Waals surface area contributed by atoms with Gasteiger partial charge in [0.15, 0.2) is 0 Å². The van der Waals surface area contributed by atoms with E-state index in [-0.39, 0.29) is 0 Å². The first kappa shape index (κ1) is 11.7. The lowest BCUT2D eigenvalue weighted by atomic mass is 10.2. The highest BCUT2D eigenvalue weighted by Gasteiger charge is 2.09. The Kier molecular flexibility index (Phi) is 3.44. The monoisotopic (exact) mass is 233 g/mol. The fraction of sp³-hybridized carbons (Fsp3) is 0.308. The topological polar surface area (TPSA) is 55.5 Å². The van der Waals surface area contributed by atoms with E-state index in [0.717, 1.165) is 11.3 Å². The SMILES string of the molecule is COc1cccc(-c2ncc(CC(C)O)o2)c1. The molecule has 0 radical (unpaired) electrons. The van der Waals surface area contributed by atoms with Crippen LogP contribution in [-0.4, -0.2) is 23.3 Å². The Morgan fingerprint density at radius 3 is 3.00 bits per heavy atom. The van der Waals surface area contributed by atoms with Crippen LogP contribution >= 0.6 is 0 Å². The minimum Gasteiger partial charge on any atom is -0.497 e. The van der Waals surface area contributed by atoms with Crippen LogP contribution in [-0.2, 0) is 6.42 Å². The maximum atomic E-state index is 9.26. The molecule has 90 valence electrons. The van der Waals surface area contributed by atoms with Crippen LogP contribution in [0.1, 0.15) is 12.7 Å². The molecule has 4 nitrogen and oxygen atoms in total. The summed E-state index contributed by atoms with van der Waals surface area (Å²) >= 11 is 0. The lowest BCUT2D eigenvalue weighted by molar-refractivity contribution is 0.187. The number of rotatable bonds is 4. The van der Waals surface area contributed by atoms with Crippen molar-refractivity contribution in [1.82, 2.24) is 4.98 Å². The van der Waals surface area contributed by atoms with Crippen LogP contribution in [0.25, 0.3) is 11.5 Å². The zero-order valence-corrected chi connectivity index (χ0v) is 9.88. The predicted octanol–water partition coefficient (Wildman–Crippen LogP) is 2.27. The van der Waals surface area contributed by atoms with Crippen molar-refractivity contribution in [2.75, 3.05) is 7.11 Å². The van der Waals surface area contributed by atoms with E-state index in [0.29, 0.717) is 18.1 Å². The van der Waals surface area contributed by atoms with Crippen molar-refractivity contribution in [3.05, 3.63) is 36.2 Å². The summed E-state index contributed by atoms with van der Waals surface area (Å²) in [4.78, 5) is 4.18. The van der Waals surface area contributed by atoms with Crippen LogP contribution in [0.5, 0.6) is 5.75 Å². The predicted molar refractivity (Wildman–Crippen MR) is 63.9 cm³/mol. The molecule has 0 fully saturated rings. The van der Waals surface area contributed by atoms with Gasteiger partial charge in [0.2, 0.25) is 5.89 Å². The molecule has 0 aliphatic carbocycles. The molecule has 0 aliphatic heterocycles. The number of ether oxygens (including phenoxy) is 1. The number of benzene rings is 1. The average Bonchev–Trinajstić information content (AvgIpc) is 2.77. The summed E-state index contributed by atoms with van der Waals surface area (Å²) in [7, 11) is 1.62. The highest BCUT2D eigenvalue weighted by atomic mass is 16.5. The van der Waals surface area contributed by atoms with Gasteiger partial charge in [-0.1, -0.05) is 6.07 Å². The van der Waals surface area contributed by atoms with E-state index in [9.17, 15) is 5.11 Å². The Balaban J connectivity index is 2.24. The molecule has 1 N–H and O–H groups in total. The van der Waals surface area contributed by atoms with Crippen molar-refractivity contribution in [3.8, 4) is 17.2 Å². The minimum atomic E-state index is -0.430. The smallest absolute Gasteiger partial charge is 0.226 e. The van der Waals surface area contributed by atoms with Gasteiger partial charge in [-0.3, -0.25) is 0 Å². The van der Waals surface area contributed by atoms with Gasteiger partial charge in [0.05, 0.1) is 19.4 Å². The second-order valence-corrected chi connectivity index (χ2v) is 3.92. The molecule has 0 spiro atoms. The molecule has 0 aliphatic rings. The normalized spacial score (nSPS) is 12.4. The molecular formula is C13H15NO3. The van der Waals surface area contributed by atoms with Gasteiger partial charge < -0.3 is 14.3 Å². The maximum Gasteiger partial charge on any atom is 0.226 e. The van der Waals surface area contributed by atoms with E-state index in [1.165, 1.54) is 0 Å². The Morgan fingerprint density at radius 1 is 1.47 bits per heavy atom. The molecule has 0 saturated heterocycles. The van der Waals surface area contributed by atoms with E-state index >= 15 is 0 Å². The molecule has 0 amide bonds. The third-order valence-electron chi connectivity index (χ3n) is 2.37. The van der Waals surface area contributed by atoms with E-state index in [1.54, 1.807) is 20.2 Å². The fourth-order valence-electron chi connectivity index (χ4n) is 1.58. The van der Waals surface area contributed by atoms with Crippen LogP contribution in [0.4, 0.5) is 0 Å². The van der Waals surface area contributed by atoms with E-state index in [1.807, 2.05) is 24.3 Å². The van der Waals surface area contributed by atoms with Gasteiger partial charge in [0.1, 0.15) is 11.5 Å². The van der Waals surface area contributed by atoms with Crippen molar-refractivity contribution in [1.29, 1.82) is 0 Å². The van der Waals surface area contributed by atoms with Crippen molar-refractivity contribution in [3.63, 3.8) is 0 Å². The molecule has 4 heteroatoms. The Morgan fingerprint density at radius 2 is 2.29 bits per heavy atom. The summed E-state index contributed by atoms with van der Waals surface area (Å²) in [6.07, 6.45) is 1.68. The first-order chi connectivity index (χ1) is 8.19. The number of aliphatic hydroxyl groups excluding tert-OH is 1. The van der Waals surface area contributed by atoms with Gasteiger partial charge in [-0.25, -0.2) is 4.98 Å². The first-order valence-electron chi connectivity index (χ1n) is 5.46. The third-order valence-corrected chi connectivity index (χ3v) is 2.37. The third kappa shape index (κ3) is 2.85. The molecule has 1 unspecified atom stereocenters. The Bertz CT molecular complexity index is 491. The molecule has 2 aromatic rings. The van der Waals surface area contributed by atoms with Crippen LogP contribution in [0, 0.1) is 0 Å². The highest BCUT2D eigenvalue weighted by Crippen LogP contribution is 2.23. The molecule has 1 atom stereocenters. The zero-order chi connectivity index (χ0) is 12.3. The van der Waals surface area contributed by atoms with Crippen molar-refractivity contribution in [2.45, 2.75) is 19.4 Å². The number of aliphatic hydroxyl groups is 1. The highest BCUT2D eigenvalue weighted by molar-refractivity contribution is 5.55. The summed E-state index contributed by atoms with van der Waals surface area (Å²) in [5.74, 6) is 1.98. The van der Waals surface area contributed by atoms with E-state index in [2.05, 4.69) is 4.98 Å². The van der Waals surface area contributed by atoms with Crippen molar-refractivity contribution in [2.24, 2.45) is 0 Å². The van der Waals surface area contributed by atoms with Gasteiger partial charge in [-0.2, -0.15) is 0 Å². The quantitative estimate of drug-likeness (QED) is 0.880. The van der Waals surface area contributed by atoms with Gasteiger partial charge in [-0.15, -0.1) is 0 Å². The molecule has 2 rings (SSSR count). The van der Waals surface area contributed by atoms with Gasteiger partial charge in [-0.05, 0) is 25.1 Å². The van der Waals surface area contributed by atoms with Crippen LogP contribution in [0.15, 0.2) is 34.9 Å². The average molecular weight is 233 g/mol. The van der Waals surface area contributed by atoms with Gasteiger partial charge in [0.25, 0.3) is 0 Å². The molecule has 1 heterocycles. The molecule has 0 bridgehead atoms. The van der Waals surface area contributed by atoms with Crippen LogP contribution in [0.2, 0.25) is 0 Å². The number of methoxy groups -OCH3 is 1. The van der Waals surface area contributed by atoms with Gasteiger partial charge >= 0.3 is 0 Å². The largest absolute Gasteiger partial charge is 0.497 e. The standard InChI is InChI=1S/C13H15NO3/c1-9(15)6-12-8-14-13(17-12)10-4-3-5-11(7-10)16-2/h3-5,7-9,15H,6H2,1-2H3. The van der Waals surface area contributed by atoms with Crippen molar-refractivity contribution < 1.29 is 14.3 Å². The molecule has 17 heavy (non-hydrogen) atoms. The summed E-state index contributed by atoms with van der Waals surface area (Å²) in [5.41, 5.74) is 0.862. The summed E-state index contributed by atoms with van der Waals surface area (Å²) < 4.78 is 10.7. The van der Waals surface area contributed by atoms with Crippen LogP contribution < -0.4 is 4.74 Å². The summed E-state index contributed by atoms with van der Waals surface area (Å²) in [6.45, 7) is 1.72. The maximum absolute atomic E-state index is 9.26. The van der Waals surface area contributed by atoms with Crippen LogP contribution in [0.3, 0.4) is 0 Å². The van der Waals surface area contributed by atoms with E-state index < -0.39 is 6.10 Å². The number of aromatic nitrogens is 1. The Hall–Kier alpha value is -1.81. The van der Waals surface area contributed by atoms with Gasteiger partial charge in [0, 0.05) is 12.0 Å². The first-order valence-corrected chi connectivity index (χ1v) is 5.46. The lowest BCUT2D eigenvalue weighted by Gasteiger charge is -2.01. The molecule has 0 saturated carbocycles. The number of hydrogen-bond acceptors (Lipinski definition) is 4. The molecule has 1 aromatic heterocycles. The fourth-order valence-corrected chi connectivity index (χ4v) is 1.58. The number of hydrogen-bond donors (Lipinski definition) is 1. The zero-order valence-electron chi connectivity index (χ0n) is 9.88. The second kappa shape index (κ2) is 5.01. The lowest BCUT2D eigenvalue weighted by Crippen LogP contribution is -2.02. The summed E-state index contributed by atoms with van der Waals surface area (Å²) in [6, 6.07) is 7.51. The summed E-state index contributed by atoms with van der Waals surface area (Å²) in [5, 5.41) is 9.26. The number of nitrogens with zero attached hydrogens (tertiary/aromatic N) is 1. The molecular weight excluding hydrogens is 218 g/mol. The van der Waals surface area contributed by atoms with E-state index in [4.69, 9.17) is 9.15 Å². The minimum absolute atomic E-state index is 0.430. The van der Waals surface area contributed by atoms with Crippen molar-refractivity contribution >= 4 is 0 Å². The number of oxazole rings is 1. The molecule has 1 aromatic carbocycles. The second-order valence-electron chi connectivity index (χ2n) is 3.92.